The fourth-order valence-corrected chi connectivity index (χ4v) is 1.02. The predicted molar refractivity (Wildman–Crippen MR) is 29.7 cm³/mol. The molecule has 0 aromatic heterocycles. The lowest BCUT2D eigenvalue weighted by molar-refractivity contribution is -0.534. The minimum atomic E-state index is -0.461. The maximum atomic E-state index is 9.91. The van der Waals surface area contributed by atoms with E-state index in [-0.39, 0.29) is 10.3 Å². The first-order valence-electron chi connectivity index (χ1n) is 2.49. The Balaban J connectivity index is 2.37. The summed E-state index contributed by atoms with van der Waals surface area (Å²) in [6.45, 7) is 0. The first-order valence-corrected chi connectivity index (χ1v) is 2.93. The highest BCUT2D eigenvalue weighted by atomic mass is 35.5. The Kier molecular flexibility index (Phi) is 1.38. The number of hydrogen-bond acceptors (Lipinski definition) is 2. The zero-order valence-electron chi connectivity index (χ0n) is 4.21. The third-order valence-electron chi connectivity index (χ3n) is 1.43. The van der Waals surface area contributed by atoms with E-state index in [4.69, 9.17) is 11.6 Å². The monoisotopic (exact) mass is 135 g/mol. The van der Waals surface area contributed by atoms with Gasteiger partial charge in [0.05, 0.1) is 0 Å². The van der Waals surface area contributed by atoms with Crippen LogP contribution in [0.2, 0.25) is 0 Å². The van der Waals surface area contributed by atoms with Crippen LogP contribution in [0.15, 0.2) is 0 Å². The van der Waals surface area contributed by atoms with Crippen molar-refractivity contribution < 1.29 is 4.92 Å². The van der Waals surface area contributed by atoms with Gasteiger partial charge in [-0.2, -0.15) is 0 Å². The molecule has 1 aliphatic rings. The van der Waals surface area contributed by atoms with Gasteiger partial charge < -0.3 is 0 Å². The average molecular weight is 136 g/mol. The van der Waals surface area contributed by atoms with Gasteiger partial charge in [0.15, 0.2) is 0 Å². The normalized spacial score (nSPS) is 36.1. The van der Waals surface area contributed by atoms with Crippen LogP contribution in [0, 0.1) is 10.1 Å². The van der Waals surface area contributed by atoms with Gasteiger partial charge in [0.2, 0.25) is 6.04 Å². The molecule has 8 heavy (non-hydrogen) atoms. The number of hydrogen-bond donors (Lipinski definition) is 0. The maximum absolute atomic E-state index is 9.91. The summed E-state index contributed by atoms with van der Waals surface area (Å²) in [4.78, 5) is 9.61. The van der Waals surface area contributed by atoms with Crippen molar-refractivity contribution >= 4 is 11.6 Å². The highest BCUT2D eigenvalue weighted by Crippen LogP contribution is 2.27. The van der Waals surface area contributed by atoms with E-state index >= 15 is 0 Å². The van der Waals surface area contributed by atoms with Gasteiger partial charge in [-0.25, -0.2) is 0 Å². The molecule has 0 bridgehead atoms. The van der Waals surface area contributed by atoms with Gasteiger partial charge in [-0.15, -0.1) is 11.6 Å². The van der Waals surface area contributed by atoms with Crippen LogP contribution in [0.25, 0.3) is 0 Å². The second kappa shape index (κ2) is 1.90. The van der Waals surface area contributed by atoms with Crippen LogP contribution in [-0.2, 0) is 0 Å². The Labute approximate surface area is 51.8 Å². The van der Waals surface area contributed by atoms with Gasteiger partial charge in [-0.05, 0) is 6.42 Å². The average Bonchev–Trinajstić information content (AvgIpc) is 1.61. The fourth-order valence-electron chi connectivity index (χ4n) is 0.679. The van der Waals surface area contributed by atoms with Gasteiger partial charge >= 0.3 is 0 Å². The van der Waals surface area contributed by atoms with Crippen molar-refractivity contribution in [1.82, 2.24) is 0 Å². The highest BCUT2D eigenvalue weighted by molar-refractivity contribution is 6.21. The molecule has 0 aliphatic heterocycles. The summed E-state index contributed by atoms with van der Waals surface area (Å²) < 4.78 is 0. The van der Waals surface area contributed by atoms with Gasteiger partial charge in [0, 0.05) is 11.3 Å². The molecular formula is C4H6ClNO2. The Morgan fingerprint density at radius 3 is 2.25 bits per heavy atom. The third-order valence-corrected chi connectivity index (χ3v) is 1.94. The summed E-state index contributed by atoms with van der Waals surface area (Å²) in [7, 11) is 0. The predicted octanol–water partition coefficient (Wildman–Crippen LogP) is 1.03. The molecule has 3 nitrogen and oxygen atoms in total. The van der Waals surface area contributed by atoms with Crippen molar-refractivity contribution in [3.63, 3.8) is 0 Å². The van der Waals surface area contributed by atoms with Gasteiger partial charge in [0.1, 0.15) is 5.38 Å². The highest BCUT2D eigenvalue weighted by Gasteiger charge is 2.38. The molecule has 46 valence electrons. The van der Waals surface area contributed by atoms with Crippen molar-refractivity contribution in [2.75, 3.05) is 0 Å². The summed E-state index contributed by atoms with van der Waals surface area (Å²) in [5.74, 6) is 0. The zero-order chi connectivity index (χ0) is 6.15. The second-order valence-corrected chi connectivity index (χ2v) is 2.51. The number of halogens is 1. The zero-order valence-corrected chi connectivity index (χ0v) is 4.97. The fraction of sp³-hybridized carbons (Fsp3) is 1.00. The minimum Gasteiger partial charge on any atom is -0.264 e. The first kappa shape index (κ1) is 5.82. The molecule has 1 fully saturated rings. The Morgan fingerprint density at radius 2 is 2.25 bits per heavy atom. The molecule has 0 saturated heterocycles. The van der Waals surface area contributed by atoms with E-state index in [0.717, 1.165) is 6.42 Å². The van der Waals surface area contributed by atoms with E-state index < -0.39 is 6.04 Å². The van der Waals surface area contributed by atoms with Crippen molar-refractivity contribution in [1.29, 1.82) is 0 Å². The van der Waals surface area contributed by atoms with E-state index in [0.29, 0.717) is 6.42 Å². The molecule has 0 heterocycles. The third kappa shape index (κ3) is 0.777. The number of rotatable bonds is 1. The van der Waals surface area contributed by atoms with Crippen molar-refractivity contribution in [3.05, 3.63) is 10.1 Å². The van der Waals surface area contributed by atoms with Crippen molar-refractivity contribution in [2.24, 2.45) is 0 Å². The summed E-state index contributed by atoms with van der Waals surface area (Å²) in [6, 6.07) is -0.461. The molecule has 0 spiro atoms. The topological polar surface area (TPSA) is 43.1 Å². The lowest BCUT2D eigenvalue weighted by Gasteiger charge is -2.22. The molecule has 1 aliphatic carbocycles. The smallest absolute Gasteiger partial charge is 0.229 e. The standard InChI is InChI=1S/C4H6ClNO2/c5-3-1-2-4(3)6(7)8/h3-4H,1-2H2. The van der Waals surface area contributed by atoms with E-state index in [1.54, 1.807) is 0 Å². The van der Waals surface area contributed by atoms with E-state index in [1.807, 2.05) is 0 Å². The van der Waals surface area contributed by atoms with E-state index in [2.05, 4.69) is 0 Å². The Hall–Kier alpha value is -0.310. The molecule has 0 aromatic carbocycles. The molecule has 2 atom stereocenters. The maximum Gasteiger partial charge on any atom is 0.229 e. The summed E-state index contributed by atoms with van der Waals surface area (Å²) >= 11 is 5.47. The molecule has 0 aromatic rings. The van der Waals surface area contributed by atoms with Crippen LogP contribution in [0.4, 0.5) is 0 Å². The molecule has 4 heteroatoms. The molecule has 0 amide bonds. The van der Waals surface area contributed by atoms with Crippen LogP contribution < -0.4 is 0 Å². The lowest BCUT2D eigenvalue weighted by Crippen LogP contribution is -2.38. The quantitative estimate of drug-likeness (QED) is 0.306. The van der Waals surface area contributed by atoms with Crippen LogP contribution in [-0.4, -0.2) is 16.3 Å². The molecule has 0 radical (unpaired) electrons. The van der Waals surface area contributed by atoms with Gasteiger partial charge in [0.25, 0.3) is 0 Å². The van der Waals surface area contributed by atoms with Crippen molar-refractivity contribution in [2.45, 2.75) is 24.3 Å². The summed E-state index contributed by atoms with van der Waals surface area (Å²) in [5.41, 5.74) is 0. The first-order chi connectivity index (χ1) is 3.72. The van der Waals surface area contributed by atoms with Crippen LogP contribution in [0.1, 0.15) is 12.8 Å². The van der Waals surface area contributed by atoms with Crippen LogP contribution in [0.5, 0.6) is 0 Å². The van der Waals surface area contributed by atoms with E-state index in [1.165, 1.54) is 0 Å². The van der Waals surface area contributed by atoms with Crippen molar-refractivity contribution in [3.8, 4) is 0 Å². The molecule has 2 unspecified atom stereocenters. The largest absolute Gasteiger partial charge is 0.264 e. The van der Waals surface area contributed by atoms with Crippen LogP contribution >= 0.6 is 11.6 Å². The second-order valence-electron chi connectivity index (χ2n) is 1.95. The molecule has 1 rings (SSSR count). The number of nitro groups is 1. The van der Waals surface area contributed by atoms with Gasteiger partial charge in [-0.1, -0.05) is 0 Å². The Morgan fingerprint density at radius 1 is 1.62 bits per heavy atom. The van der Waals surface area contributed by atoms with E-state index in [9.17, 15) is 10.1 Å². The minimum absolute atomic E-state index is 0.204. The molecular weight excluding hydrogens is 130 g/mol. The summed E-state index contributed by atoms with van der Waals surface area (Å²) in [6.07, 6.45) is 1.45. The SMILES string of the molecule is O=[N+]([O-])C1CCC1Cl. The Bertz CT molecular complexity index is 117. The number of nitrogens with zero attached hydrogens (tertiary/aromatic N) is 1. The number of alkyl halides is 1. The molecule has 0 N–H and O–H groups in total. The lowest BCUT2D eigenvalue weighted by atomic mass is 9.93. The van der Waals surface area contributed by atoms with Crippen LogP contribution in [0.3, 0.4) is 0 Å². The molecule has 1 saturated carbocycles. The van der Waals surface area contributed by atoms with Gasteiger partial charge in [-0.3, -0.25) is 10.1 Å². The summed E-state index contributed by atoms with van der Waals surface area (Å²) in [5, 5.41) is 9.71.